The van der Waals surface area contributed by atoms with E-state index >= 15 is 0 Å². The minimum absolute atomic E-state index is 0.0622. The molecule has 2 N–H and O–H groups in total. The molecule has 0 aliphatic carbocycles. The van der Waals surface area contributed by atoms with Crippen LogP contribution in [-0.2, 0) is 9.59 Å². The van der Waals surface area contributed by atoms with Gasteiger partial charge in [0, 0.05) is 17.9 Å². The van der Waals surface area contributed by atoms with Crippen molar-refractivity contribution in [3.63, 3.8) is 0 Å². The SMILES string of the molecule is C[C@@H](NC(=O)CCCCC(=O)O)c1ccc(Cl)cc1. The van der Waals surface area contributed by atoms with Crippen LogP contribution in [0.3, 0.4) is 0 Å². The predicted molar refractivity (Wildman–Crippen MR) is 74.1 cm³/mol. The highest BCUT2D eigenvalue weighted by molar-refractivity contribution is 6.30. The molecule has 0 unspecified atom stereocenters. The summed E-state index contributed by atoms with van der Waals surface area (Å²) in [6.07, 6.45) is 1.58. The molecule has 1 atom stereocenters. The normalized spacial score (nSPS) is 11.9. The lowest BCUT2D eigenvalue weighted by Crippen LogP contribution is -2.26. The van der Waals surface area contributed by atoms with Gasteiger partial charge in [-0.3, -0.25) is 9.59 Å². The number of benzene rings is 1. The number of nitrogens with one attached hydrogen (secondary N) is 1. The molecule has 0 radical (unpaired) electrons. The third kappa shape index (κ3) is 6.25. The molecular weight excluding hydrogens is 266 g/mol. The van der Waals surface area contributed by atoms with Crippen molar-refractivity contribution in [2.45, 2.75) is 38.6 Å². The maximum Gasteiger partial charge on any atom is 0.303 e. The van der Waals surface area contributed by atoms with Gasteiger partial charge < -0.3 is 10.4 Å². The second-order valence-corrected chi connectivity index (χ2v) is 4.88. The van der Waals surface area contributed by atoms with Gasteiger partial charge in [-0.05, 0) is 37.5 Å². The minimum Gasteiger partial charge on any atom is -0.481 e. The molecule has 5 heteroatoms. The Bertz CT molecular complexity index is 431. The molecule has 0 spiro atoms. The first-order valence-corrected chi connectivity index (χ1v) is 6.63. The third-order valence-corrected chi connectivity index (χ3v) is 3.04. The van der Waals surface area contributed by atoms with Crippen LogP contribution in [0.2, 0.25) is 5.02 Å². The summed E-state index contributed by atoms with van der Waals surface area (Å²) in [5.74, 6) is -0.886. The number of rotatable bonds is 7. The van der Waals surface area contributed by atoms with Crippen molar-refractivity contribution in [3.8, 4) is 0 Å². The highest BCUT2D eigenvalue weighted by Gasteiger charge is 2.09. The van der Waals surface area contributed by atoms with Crippen molar-refractivity contribution in [2.75, 3.05) is 0 Å². The fourth-order valence-corrected chi connectivity index (χ4v) is 1.84. The van der Waals surface area contributed by atoms with Gasteiger partial charge >= 0.3 is 5.97 Å². The fraction of sp³-hybridized carbons (Fsp3) is 0.429. The van der Waals surface area contributed by atoms with Crippen LogP contribution in [0.4, 0.5) is 0 Å². The fourth-order valence-electron chi connectivity index (χ4n) is 1.71. The zero-order valence-electron chi connectivity index (χ0n) is 10.9. The molecule has 1 rings (SSSR count). The molecule has 0 saturated carbocycles. The molecule has 1 aromatic rings. The van der Waals surface area contributed by atoms with Gasteiger partial charge in [-0.25, -0.2) is 0 Å². The quantitative estimate of drug-likeness (QED) is 0.755. The summed E-state index contributed by atoms with van der Waals surface area (Å²) in [7, 11) is 0. The van der Waals surface area contributed by atoms with E-state index in [0.29, 0.717) is 24.3 Å². The molecule has 0 aliphatic heterocycles. The number of halogens is 1. The molecule has 19 heavy (non-hydrogen) atoms. The molecule has 1 amide bonds. The Morgan fingerprint density at radius 1 is 1.21 bits per heavy atom. The van der Waals surface area contributed by atoms with Crippen molar-refractivity contribution in [2.24, 2.45) is 0 Å². The van der Waals surface area contributed by atoms with Crippen LogP contribution in [0.5, 0.6) is 0 Å². The molecule has 0 heterocycles. The largest absolute Gasteiger partial charge is 0.481 e. The first-order chi connectivity index (χ1) is 8.99. The number of amides is 1. The van der Waals surface area contributed by atoms with Crippen LogP contribution in [0, 0.1) is 0 Å². The van der Waals surface area contributed by atoms with Crippen molar-refractivity contribution in [3.05, 3.63) is 34.9 Å². The topological polar surface area (TPSA) is 66.4 Å². The van der Waals surface area contributed by atoms with E-state index < -0.39 is 5.97 Å². The lowest BCUT2D eigenvalue weighted by Gasteiger charge is -2.14. The van der Waals surface area contributed by atoms with E-state index in [4.69, 9.17) is 16.7 Å². The molecule has 0 fully saturated rings. The van der Waals surface area contributed by atoms with Gasteiger partial charge in [0.2, 0.25) is 5.91 Å². The highest BCUT2D eigenvalue weighted by Crippen LogP contribution is 2.16. The maximum absolute atomic E-state index is 11.7. The molecular formula is C14H18ClNO3. The van der Waals surface area contributed by atoms with E-state index in [0.717, 1.165) is 5.56 Å². The van der Waals surface area contributed by atoms with Crippen LogP contribution in [0.15, 0.2) is 24.3 Å². The number of carboxylic acid groups (broad SMARTS) is 1. The van der Waals surface area contributed by atoms with Crippen LogP contribution in [-0.4, -0.2) is 17.0 Å². The first kappa shape index (κ1) is 15.5. The standard InChI is InChI=1S/C14H18ClNO3/c1-10(11-6-8-12(15)9-7-11)16-13(17)4-2-3-5-14(18)19/h6-10H,2-5H2,1H3,(H,16,17)(H,18,19)/t10-/m1/s1. The Morgan fingerprint density at radius 2 is 1.79 bits per heavy atom. The molecule has 0 aliphatic rings. The molecule has 0 aromatic heterocycles. The summed E-state index contributed by atoms with van der Waals surface area (Å²) in [5, 5.41) is 12.0. The number of hydrogen-bond acceptors (Lipinski definition) is 2. The van der Waals surface area contributed by atoms with Gasteiger partial charge in [0.05, 0.1) is 6.04 Å². The van der Waals surface area contributed by atoms with Gasteiger partial charge in [0.15, 0.2) is 0 Å². The summed E-state index contributed by atoms with van der Waals surface area (Å²) in [4.78, 5) is 22.0. The molecule has 1 aromatic carbocycles. The summed E-state index contributed by atoms with van der Waals surface area (Å²) < 4.78 is 0. The van der Waals surface area contributed by atoms with E-state index in [9.17, 15) is 9.59 Å². The summed E-state index contributed by atoms with van der Waals surface area (Å²) >= 11 is 5.80. The summed E-state index contributed by atoms with van der Waals surface area (Å²) in [6.45, 7) is 1.90. The van der Waals surface area contributed by atoms with Crippen molar-refractivity contribution < 1.29 is 14.7 Å². The maximum atomic E-state index is 11.7. The number of carbonyl (C=O) groups excluding carboxylic acids is 1. The van der Waals surface area contributed by atoms with Crippen LogP contribution < -0.4 is 5.32 Å². The van der Waals surface area contributed by atoms with Crippen LogP contribution in [0.1, 0.15) is 44.2 Å². The van der Waals surface area contributed by atoms with Gasteiger partial charge in [-0.1, -0.05) is 23.7 Å². The Morgan fingerprint density at radius 3 is 2.37 bits per heavy atom. The third-order valence-electron chi connectivity index (χ3n) is 2.79. The number of carboxylic acids is 1. The van der Waals surface area contributed by atoms with Gasteiger partial charge in [0.25, 0.3) is 0 Å². The average Bonchev–Trinajstić information content (AvgIpc) is 2.35. The number of aliphatic carboxylic acids is 1. The smallest absolute Gasteiger partial charge is 0.303 e. The van der Waals surface area contributed by atoms with Crippen molar-refractivity contribution in [1.29, 1.82) is 0 Å². The molecule has 104 valence electrons. The van der Waals surface area contributed by atoms with Crippen molar-refractivity contribution in [1.82, 2.24) is 5.32 Å². The van der Waals surface area contributed by atoms with Crippen LogP contribution in [0.25, 0.3) is 0 Å². The second kappa shape index (κ2) is 7.79. The zero-order chi connectivity index (χ0) is 14.3. The molecule has 0 bridgehead atoms. The molecule has 4 nitrogen and oxygen atoms in total. The Hall–Kier alpha value is -1.55. The minimum atomic E-state index is -0.824. The Labute approximate surface area is 117 Å². The highest BCUT2D eigenvalue weighted by atomic mass is 35.5. The monoisotopic (exact) mass is 283 g/mol. The lowest BCUT2D eigenvalue weighted by atomic mass is 10.1. The zero-order valence-corrected chi connectivity index (χ0v) is 11.6. The van der Waals surface area contributed by atoms with Crippen LogP contribution >= 0.6 is 11.6 Å². The van der Waals surface area contributed by atoms with Crippen molar-refractivity contribution >= 4 is 23.5 Å². The lowest BCUT2D eigenvalue weighted by molar-refractivity contribution is -0.137. The number of hydrogen-bond donors (Lipinski definition) is 2. The van der Waals surface area contributed by atoms with Gasteiger partial charge in [-0.2, -0.15) is 0 Å². The van der Waals surface area contributed by atoms with E-state index in [1.54, 1.807) is 12.1 Å². The number of unbranched alkanes of at least 4 members (excludes halogenated alkanes) is 1. The summed E-state index contributed by atoms with van der Waals surface area (Å²) in [5.41, 5.74) is 0.989. The first-order valence-electron chi connectivity index (χ1n) is 6.25. The van der Waals surface area contributed by atoms with Gasteiger partial charge in [0.1, 0.15) is 0 Å². The predicted octanol–water partition coefficient (Wildman–Crippen LogP) is 3.16. The van der Waals surface area contributed by atoms with E-state index in [-0.39, 0.29) is 18.4 Å². The number of carbonyl (C=O) groups is 2. The summed E-state index contributed by atoms with van der Waals surface area (Å²) in [6, 6.07) is 7.23. The average molecular weight is 284 g/mol. The van der Waals surface area contributed by atoms with E-state index in [1.165, 1.54) is 0 Å². The van der Waals surface area contributed by atoms with Gasteiger partial charge in [-0.15, -0.1) is 0 Å². The molecule has 0 saturated heterocycles. The second-order valence-electron chi connectivity index (χ2n) is 4.44. The Kier molecular flexibility index (Phi) is 6.36. The van der Waals surface area contributed by atoms with E-state index in [2.05, 4.69) is 5.32 Å². The van der Waals surface area contributed by atoms with E-state index in [1.807, 2.05) is 19.1 Å². The Balaban J connectivity index is 2.31.